The lowest BCUT2D eigenvalue weighted by atomic mass is 9.84. The van der Waals surface area contributed by atoms with Gasteiger partial charge < -0.3 is 26.2 Å². The summed E-state index contributed by atoms with van der Waals surface area (Å²) in [6.07, 6.45) is 11.5. The molecule has 172 valence electrons. The Morgan fingerprint density at radius 3 is 2.12 bits per heavy atom. The van der Waals surface area contributed by atoms with Gasteiger partial charge in [-0.25, -0.2) is 4.79 Å². The van der Waals surface area contributed by atoms with Gasteiger partial charge in [-0.3, -0.25) is 0 Å². The molecule has 3 aliphatic rings. The fourth-order valence-corrected chi connectivity index (χ4v) is 6.57. The number of rotatable bonds is 5. The second kappa shape index (κ2) is 10.1. The number of nitrogens with zero attached hydrogens (tertiary/aromatic N) is 1. The zero-order chi connectivity index (χ0) is 21.3. The van der Waals surface area contributed by atoms with E-state index in [1.165, 1.54) is 50.5 Å². The van der Waals surface area contributed by atoms with Crippen molar-refractivity contribution in [3.8, 4) is 0 Å². The second-order valence-electron chi connectivity index (χ2n) is 10.3. The van der Waals surface area contributed by atoms with Gasteiger partial charge >= 0.3 is 5.97 Å². The Morgan fingerprint density at radius 1 is 0.875 bits per heavy atom. The van der Waals surface area contributed by atoms with E-state index in [1.54, 1.807) is 5.56 Å². The Hall–Kier alpha value is -1.65. The maximum absolute atomic E-state index is 12.5. The van der Waals surface area contributed by atoms with Crippen LogP contribution >= 0.6 is 0 Å². The van der Waals surface area contributed by atoms with Gasteiger partial charge in [0.2, 0.25) is 0 Å². The lowest BCUT2D eigenvalue weighted by molar-refractivity contribution is -0.961. The van der Waals surface area contributed by atoms with Crippen LogP contribution in [0.4, 0.5) is 0 Å². The van der Waals surface area contributed by atoms with Crippen LogP contribution in [0.2, 0.25) is 0 Å². The summed E-state index contributed by atoms with van der Waals surface area (Å²) >= 11 is 0. The van der Waals surface area contributed by atoms with Crippen LogP contribution in [0.3, 0.4) is 0 Å². The maximum atomic E-state index is 12.5. The lowest BCUT2D eigenvalue weighted by Gasteiger charge is -2.47. The molecule has 1 saturated carbocycles. The average molecular weight is 499 g/mol. The van der Waals surface area contributed by atoms with Crippen molar-refractivity contribution >= 4 is 5.97 Å². The smallest absolute Gasteiger partial charge is 0.338 e. The highest BCUT2D eigenvalue weighted by molar-refractivity contribution is 5.89. The SMILES string of the molecule is C[N+]1(Cc2ccc(C3CCCCC3)cc2)[C@@H]2CC[C@H]1CC(OC(=O)c1ccccc1)C2.[Br-]. The minimum absolute atomic E-state index is 0. The van der Waals surface area contributed by atoms with Crippen LogP contribution < -0.4 is 17.0 Å². The number of piperidine rings is 1. The summed E-state index contributed by atoms with van der Waals surface area (Å²) in [4.78, 5) is 12.5. The minimum atomic E-state index is -0.167. The molecule has 32 heavy (non-hydrogen) atoms. The summed E-state index contributed by atoms with van der Waals surface area (Å²) < 4.78 is 7.05. The van der Waals surface area contributed by atoms with Gasteiger partial charge in [-0.1, -0.05) is 61.7 Å². The van der Waals surface area contributed by atoms with Crippen LogP contribution in [0.5, 0.6) is 0 Å². The van der Waals surface area contributed by atoms with Crippen molar-refractivity contribution in [3.63, 3.8) is 0 Å². The standard InChI is InChI=1S/C28H36NO2.BrH/c1-29(20-21-12-14-23(15-13-21)22-8-4-2-5-9-22)25-16-17-26(29)19-27(18-25)31-28(30)24-10-6-3-7-11-24;/h3,6-7,10-15,22,25-27H,2,4-5,8-9,16-20H2,1H3;1H/q+1;/p-1/t25-,26+,27?,29?;. The Balaban J connectivity index is 0.00000245. The average Bonchev–Trinajstić information content (AvgIpc) is 2.97. The molecule has 2 saturated heterocycles. The van der Waals surface area contributed by atoms with Crippen LogP contribution in [0.25, 0.3) is 0 Å². The molecule has 3 fully saturated rings. The van der Waals surface area contributed by atoms with E-state index in [1.807, 2.05) is 30.3 Å². The van der Waals surface area contributed by atoms with Gasteiger partial charge in [0.1, 0.15) is 12.6 Å². The third-order valence-corrected chi connectivity index (χ3v) is 8.43. The largest absolute Gasteiger partial charge is 1.00 e. The van der Waals surface area contributed by atoms with Gasteiger partial charge in [-0.15, -0.1) is 0 Å². The van der Waals surface area contributed by atoms with Crippen LogP contribution in [-0.2, 0) is 11.3 Å². The summed E-state index contributed by atoms with van der Waals surface area (Å²) in [6, 6.07) is 20.2. The Morgan fingerprint density at radius 2 is 1.50 bits per heavy atom. The molecule has 2 unspecified atom stereocenters. The van der Waals surface area contributed by atoms with E-state index >= 15 is 0 Å². The molecular formula is C28H36BrNO2. The lowest BCUT2D eigenvalue weighted by Crippen LogP contribution is -3.00. The Bertz CT molecular complexity index is 877. The number of carbonyl (C=O) groups is 1. The third kappa shape index (κ3) is 4.82. The number of ether oxygens (including phenoxy) is 1. The zero-order valence-corrected chi connectivity index (χ0v) is 20.8. The number of esters is 1. The number of quaternary nitrogens is 1. The first-order valence-electron chi connectivity index (χ1n) is 12.3. The van der Waals surface area contributed by atoms with Crippen LogP contribution in [0.15, 0.2) is 54.6 Å². The van der Waals surface area contributed by atoms with Crippen molar-refractivity contribution in [2.75, 3.05) is 7.05 Å². The molecule has 0 spiro atoms. The molecule has 5 rings (SSSR count). The topological polar surface area (TPSA) is 26.3 Å². The minimum Gasteiger partial charge on any atom is -1.00 e. The van der Waals surface area contributed by atoms with E-state index in [2.05, 4.69) is 31.3 Å². The van der Waals surface area contributed by atoms with E-state index in [0.29, 0.717) is 17.6 Å². The van der Waals surface area contributed by atoms with Crippen molar-refractivity contribution < 1.29 is 31.0 Å². The number of hydrogen-bond acceptors (Lipinski definition) is 2. The molecule has 0 aromatic heterocycles. The summed E-state index contributed by atoms with van der Waals surface area (Å²) in [7, 11) is 2.44. The molecule has 0 amide bonds. The number of benzene rings is 2. The van der Waals surface area contributed by atoms with Crippen molar-refractivity contribution in [3.05, 3.63) is 71.3 Å². The molecule has 2 aromatic rings. The molecule has 4 atom stereocenters. The molecule has 0 N–H and O–H groups in total. The second-order valence-corrected chi connectivity index (χ2v) is 10.3. The van der Waals surface area contributed by atoms with Gasteiger partial charge in [0.15, 0.2) is 0 Å². The molecular weight excluding hydrogens is 462 g/mol. The highest BCUT2D eigenvalue weighted by Gasteiger charge is 2.52. The predicted molar refractivity (Wildman–Crippen MR) is 124 cm³/mol. The summed E-state index contributed by atoms with van der Waals surface area (Å²) in [6.45, 7) is 1.10. The highest BCUT2D eigenvalue weighted by Crippen LogP contribution is 2.44. The van der Waals surface area contributed by atoms with Gasteiger partial charge in [0.25, 0.3) is 0 Å². The quantitative estimate of drug-likeness (QED) is 0.468. The molecule has 1 aliphatic carbocycles. The number of hydrogen-bond donors (Lipinski definition) is 0. The first-order chi connectivity index (χ1) is 15.1. The molecule has 2 bridgehead atoms. The number of carbonyl (C=O) groups excluding carboxylic acids is 1. The highest BCUT2D eigenvalue weighted by atomic mass is 79.9. The third-order valence-electron chi connectivity index (χ3n) is 8.43. The fourth-order valence-electron chi connectivity index (χ4n) is 6.57. The van der Waals surface area contributed by atoms with E-state index in [4.69, 9.17) is 4.74 Å². The van der Waals surface area contributed by atoms with Gasteiger partial charge in [0, 0.05) is 31.2 Å². The molecule has 4 heteroatoms. The summed E-state index contributed by atoms with van der Waals surface area (Å²) in [5.41, 5.74) is 3.66. The predicted octanol–water partition coefficient (Wildman–Crippen LogP) is 3.24. The van der Waals surface area contributed by atoms with E-state index in [9.17, 15) is 4.79 Å². The molecule has 2 aromatic carbocycles. The van der Waals surface area contributed by atoms with Gasteiger partial charge in [-0.2, -0.15) is 0 Å². The zero-order valence-electron chi connectivity index (χ0n) is 19.2. The van der Waals surface area contributed by atoms with Gasteiger partial charge in [-0.05, 0) is 36.5 Å². The van der Waals surface area contributed by atoms with Crippen molar-refractivity contribution in [2.45, 2.75) is 88.4 Å². The Labute approximate surface area is 203 Å². The van der Waals surface area contributed by atoms with Crippen molar-refractivity contribution in [1.82, 2.24) is 0 Å². The van der Waals surface area contributed by atoms with Crippen molar-refractivity contribution in [2.24, 2.45) is 0 Å². The summed E-state index contributed by atoms with van der Waals surface area (Å²) in [5.74, 6) is 0.609. The molecule has 2 aliphatic heterocycles. The van der Waals surface area contributed by atoms with Gasteiger partial charge in [0.05, 0.1) is 24.7 Å². The van der Waals surface area contributed by atoms with E-state index in [0.717, 1.165) is 29.8 Å². The van der Waals surface area contributed by atoms with E-state index in [-0.39, 0.29) is 29.1 Å². The Kier molecular flexibility index (Phi) is 7.41. The fraction of sp³-hybridized carbons (Fsp3) is 0.536. The first kappa shape index (κ1) is 23.5. The monoisotopic (exact) mass is 497 g/mol. The normalized spacial score (nSPS) is 29.8. The van der Waals surface area contributed by atoms with Crippen LogP contribution in [0.1, 0.15) is 85.2 Å². The van der Waals surface area contributed by atoms with E-state index < -0.39 is 0 Å². The molecule has 2 heterocycles. The molecule has 3 nitrogen and oxygen atoms in total. The van der Waals surface area contributed by atoms with Crippen LogP contribution in [0, 0.1) is 0 Å². The summed E-state index contributed by atoms with van der Waals surface area (Å²) in [5, 5.41) is 0. The first-order valence-corrected chi connectivity index (χ1v) is 12.3. The maximum Gasteiger partial charge on any atom is 0.338 e. The van der Waals surface area contributed by atoms with Crippen molar-refractivity contribution in [1.29, 1.82) is 0 Å². The number of fused-ring (bicyclic) bond motifs is 2. The van der Waals surface area contributed by atoms with Crippen LogP contribution in [-0.4, -0.2) is 35.7 Å². The number of halogens is 1. The molecule has 0 radical (unpaired) electrons.